The Morgan fingerprint density at radius 1 is 0.397 bits per heavy atom. The molecule has 3 heterocycles. The highest BCUT2D eigenvalue weighted by molar-refractivity contribution is 6.23. The fourth-order valence-corrected chi connectivity index (χ4v) is 8.77. The maximum Gasteiger partial charge on any atom is 0.161 e. The molecule has 6 heteroatoms. The molecule has 274 valence electrons. The first-order chi connectivity index (χ1) is 28.8. The van der Waals surface area contributed by atoms with Crippen LogP contribution in [0.1, 0.15) is 11.1 Å². The monoisotopic (exact) mass is 744 g/mol. The molecule has 0 unspecified atom stereocenters. The van der Waals surface area contributed by atoms with E-state index in [1.54, 1.807) is 0 Å². The van der Waals surface area contributed by atoms with Gasteiger partial charge in [-0.15, -0.1) is 0 Å². The molecular weight excluding hydrogens is 709 g/mol. The number of fused-ring (bicyclic) bond motifs is 10. The van der Waals surface area contributed by atoms with Crippen LogP contribution in [0.4, 0.5) is 0 Å². The number of hydrogen-bond acceptors (Lipinski definition) is 1. The second-order valence-corrected chi connectivity index (χ2v) is 14.5. The fourth-order valence-electron chi connectivity index (χ4n) is 8.77. The number of aromatic nitrogens is 3. The summed E-state index contributed by atoms with van der Waals surface area (Å²) in [5.41, 5.74) is 10.7. The van der Waals surface area contributed by atoms with E-state index >= 15 is 0 Å². The van der Waals surface area contributed by atoms with Gasteiger partial charge in [0.1, 0.15) is 6.67 Å². The van der Waals surface area contributed by atoms with Crippen LogP contribution >= 0.6 is 0 Å². The molecule has 58 heavy (non-hydrogen) atoms. The van der Waals surface area contributed by atoms with Crippen LogP contribution in [0.25, 0.3) is 76.8 Å². The van der Waals surface area contributed by atoms with Crippen molar-refractivity contribution in [3.05, 3.63) is 205 Å². The van der Waals surface area contributed by atoms with Gasteiger partial charge in [0, 0.05) is 54.8 Å². The van der Waals surface area contributed by atoms with Gasteiger partial charge in [-0.05, 0) is 55.2 Å². The molecule has 0 amide bonds. The van der Waals surface area contributed by atoms with Gasteiger partial charge in [-0.1, -0.05) is 146 Å². The highest BCUT2D eigenvalue weighted by Gasteiger charge is 2.20. The van der Waals surface area contributed by atoms with E-state index < -0.39 is 0 Å². The van der Waals surface area contributed by atoms with Crippen LogP contribution in [0, 0.1) is 0 Å². The van der Waals surface area contributed by atoms with Crippen molar-refractivity contribution in [3.63, 3.8) is 0 Å². The quantitative estimate of drug-likeness (QED) is 0.120. The van der Waals surface area contributed by atoms with Crippen LogP contribution in [0.2, 0.25) is 0 Å². The molecule has 0 spiro atoms. The molecule has 0 aliphatic rings. The lowest BCUT2D eigenvalue weighted by Crippen LogP contribution is -2.08. The Balaban J connectivity index is 1.10. The Morgan fingerprint density at radius 2 is 0.879 bits per heavy atom. The van der Waals surface area contributed by atoms with Crippen LogP contribution in [0.5, 0.6) is 0 Å². The summed E-state index contributed by atoms with van der Waals surface area (Å²) in [6.07, 6.45) is 0. The van der Waals surface area contributed by atoms with Gasteiger partial charge in [-0.3, -0.25) is 0 Å². The fraction of sp³-hybridized carbons (Fsp3) is 0.0192. The number of rotatable bonds is 6. The summed E-state index contributed by atoms with van der Waals surface area (Å²) in [5, 5.41) is 7.19. The number of hydrogen-bond donors (Lipinski definition) is 0. The normalized spacial score (nSPS) is 12.5. The van der Waals surface area contributed by atoms with E-state index in [9.17, 15) is 0 Å². The van der Waals surface area contributed by atoms with Gasteiger partial charge in [0.15, 0.2) is 11.7 Å². The number of benzene rings is 8. The van der Waals surface area contributed by atoms with E-state index in [1.807, 2.05) is 24.3 Å². The van der Waals surface area contributed by atoms with Gasteiger partial charge in [0.2, 0.25) is 0 Å². The van der Waals surface area contributed by atoms with E-state index in [0.717, 1.165) is 55.6 Å². The Kier molecular flexibility index (Phi) is 7.93. The SMILES string of the molecule is C=N/C(=N\C(=N/Cn1c2ccccc2c2ccc3c4ccccc4n(-c4ccccc4)c3c21)c1ccccc1)c1cccc(-n2c3ccccc3c3ccccc32)c1. The third-order valence-corrected chi connectivity index (χ3v) is 11.3. The predicted octanol–water partition coefficient (Wildman–Crippen LogP) is 12.5. The zero-order chi connectivity index (χ0) is 38.6. The van der Waals surface area contributed by atoms with Gasteiger partial charge < -0.3 is 13.7 Å². The predicted molar refractivity (Wildman–Crippen MR) is 244 cm³/mol. The zero-order valence-electron chi connectivity index (χ0n) is 31.6. The minimum absolute atomic E-state index is 0.332. The van der Waals surface area contributed by atoms with Crippen molar-refractivity contribution in [2.45, 2.75) is 6.67 Å². The van der Waals surface area contributed by atoms with Gasteiger partial charge in [-0.2, -0.15) is 0 Å². The van der Waals surface area contributed by atoms with Gasteiger partial charge in [-0.25, -0.2) is 15.0 Å². The van der Waals surface area contributed by atoms with Gasteiger partial charge in [0.25, 0.3) is 0 Å². The summed E-state index contributed by atoms with van der Waals surface area (Å²) in [7, 11) is 0. The van der Waals surface area contributed by atoms with Crippen molar-refractivity contribution in [3.8, 4) is 11.4 Å². The van der Waals surface area contributed by atoms with Crippen molar-refractivity contribution in [2.24, 2.45) is 15.0 Å². The molecule has 0 saturated heterocycles. The molecule has 0 radical (unpaired) electrons. The zero-order valence-corrected chi connectivity index (χ0v) is 31.6. The smallest absolute Gasteiger partial charge is 0.161 e. The average molecular weight is 745 g/mol. The second kappa shape index (κ2) is 13.7. The Labute approximate surface area is 334 Å². The molecule has 11 aromatic rings. The third-order valence-electron chi connectivity index (χ3n) is 11.3. The van der Waals surface area contributed by atoms with Crippen molar-refractivity contribution in [1.29, 1.82) is 0 Å². The molecule has 0 bridgehead atoms. The van der Waals surface area contributed by atoms with Gasteiger partial charge >= 0.3 is 0 Å². The van der Waals surface area contributed by atoms with Crippen LogP contribution in [0.15, 0.2) is 209 Å². The van der Waals surface area contributed by atoms with E-state index in [4.69, 9.17) is 9.98 Å². The largest absolute Gasteiger partial charge is 0.318 e. The molecule has 11 rings (SSSR count). The number of para-hydroxylation sites is 5. The summed E-state index contributed by atoms with van der Waals surface area (Å²) in [4.78, 5) is 15.1. The van der Waals surface area contributed by atoms with Gasteiger partial charge in [0.05, 0.1) is 33.1 Å². The first kappa shape index (κ1) is 33.5. The minimum atomic E-state index is 0.332. The van der Waals surface area contributed by atoms with E-state index in [-0.39, 0.29) is 0 Å². The van der Waals surface area contributed by atoms with E-state index in [0.29, 0.717) is 18.3 Å². The first-order valence-corrected chi connectivity index (χ1v) is 19.5. The van der Waals surface area contributed by atoms with E-state index in [1.165, 1.54) is 32.3 Å². The maximum atomic E-state index is 5.36. The maximum absolute atomic E-state index is 5.36. The number of aliphatic imine (C=N–C) groups is 3. The molecule has 6 nitrogen and oxygen atoms in total. The first-order valence-electron chi connectivity index (χ1n) is 19.5. The molecule has 0 atom stereocenters. The van der Waals surface area contributed by atoms with Crippen molar-refractivity contribution >= 4 is 83.8 Å². The summed E-state index contributed by atoms with van der Waals surface area (Å²) in [5.74, 6) is 1.08. The molecule has 0 aliphatic carbocycles. The Bertz CT molecular complexity index is 3380. The Hall–Kier alpha value is -7.83. The lowest BCUT2D eigenvalue weighted by Gasteiger charge is -2.12. The molecular formula is C52H36N6. The van der Waals surface area contributed by atoms with Crippen LogP contribution in [-0.2, 0) is 6.67 Å². The average Bonchev–Trinajstić information content (AvgIpc) is 3.93. The molecule has 0 N–H and O–H groups in total. The third kappa shape index (κ3) is 5.30. The molecule has 3 aromatic heterocycles. The second-order valence-electron chi connectivity index (χ2n) is 14.5. The Morgan fingerprint density at radius 3 is 1.52 bits per heavy atom. The highest BCUT2D eigenvalue weighted by atomic mass is 15.1. The number of nitrogens with zero attached hydrogens (tertiary/aromatic N) is 6. The molecule has 0 aliphatic heterocycles. The highest BCUT2D eigenvalue weighted by Crippen LogP contribution is 2.40. The van der Waals surface area contributed by atoms with Crippen molar-refractivity contribution in [2.75, 3.05) is 0 Å². The molecule has 8 aromatic carbocycles. The molecule has 0 saturated carbocycles. The lowest BCUT2D eigenvalue weighted by molar-refractivity contribution is 0.792. The van der Waals surface area contributed by atoms with E-state index in [2.05, 4.69) is 195 Å². The van der Waals surface area contributed by atoms with Crippen LogP contribution in [0.3, 0.4) is 0 Å². The van der Waals surface area contributed by atoms with Crippen molar-refractivity contribution in [1.82, 2.24) is 13.7 Å². The van der Waals surface area contributed by atoms with Crippen LogP contribution in [-0.4, -0.2) is 32.1 Å². The summed E-state index contributed by atoms with van der Waals surface area (Å²) < 4.78 is 7.04. The summed E-state index contributed by atoms with van der Waals surface area (Å²) in [6.45, 7) is 4.34. The lowest BCUT2D eigenvalue weighted by atomic mass is 10.1. The molecule has 0 fully saturated rings. The minimum Gasteiger partial charge on any atom is -0.318 e. The van der Waals surface area contributed by atoms with Crippen LogP contribution < -0.4 is 0 Å². The number of amidine groups is 2. The topological polar surface area (TPSA) is 51.9 Å². The summed E-state index contributed by atoms with van der Waals surface area (Å²) in [6, 6.07) is 68.0. The summed E-state index contributed by atoms with van der Waals surface area (Å²) >= 11 is 0. The standard InChI is InChI=1S/C52H36N6/c1-53-51(36-19-16-22-38(33-36)57-46-28-13-9-23-39(46)40-24-10-14-29-47(40)57)55-52(35-17-4-2-5-18-35)54-34-56-45-27-12-8-25-41(45)43-31-32-44-42-26-11-15-30-48(42)58(50(44)49(43)56)37-20-6-3-7-21-37/h2-33H,1,34H2/b54-52-,55-51-. The van der Waals surface area contributed by atoms with Crippen molar-refractivity contribution < 1.29 is 0 Å².